The fourth-order valence-electron chi connectivity index (χ4n) is 1.95. The predicted molar refractivity (Wildman–Crippen MR) is 69.0 cm³/mol. The normalized spacial score (nSPS) is 10.5. The minimum atomic E-state index is -0.435. The average molecular weight is 262 g/mol. The summed E-state index contributed by atoms with van der Waals surface area (Å²) in [4.78, 5) is 12.5. The Morgan fingerprint density at radius 3 is 2.84 bits per heavy atom. The Morgan fingerprint density at radius 1 is 1.47 bits per heavy atom. The number of hydrogen-bond acceptors (Lipinski definition) is 3. The number of hydrogen-bond donors (Lipinski definition) is 0. The zero-order chi connectivity index (χ0) is 14.0. The van der Waals surface area contributed by atoms with Crippen LogP contribution >= 0.6 is 0 Å². The molecule has 2 rings (SSSR count). The molecule has 0 radical (unpaired) electrons. The quantitative estimate of drug-likeness (QED) is 0.795. The van der Waals surface area contributed by atoms with E-state index in [2.05, 4.69) is 5.10 Å². The minimum absolute atomic E-state index is 0.284. The number of carbonyl (C=O) groups is 1. The van der Waals surface area contributed by atoms with Gasteiger partial charge in [0.15, 0.2) is 11.4 Å². The fourth-order valence-corrected chi connectivity index (χ4v) is 1.95. The maximum atomic E-state index is 13.3. The lowest BCUT2D eigenvalue weighted by atomic mass is 10.0. The van der Waals surface area contributed by atoms with Gasteiger partial charge in [-0.15, -0.1) is 0 Å². The first-order valence-corrected chi connectivity index (χ1v) is 5.99. The summed E-state index contributed by atoms with van der Waals surface area (Å²) >= 11 is 0. The largest absolute Gasteiger partial charge is 0.493 e. The summed E-state index contributed by atoms with van der Waals surface area (Å²) < 4.78 is 20.0. The van der Waals surface area contributed by atoms with E-state index in [9.17, 15) is 9.18 Å². The topological polar surface area (TPSA) is 44.1 Å². The number of aryl methyl sites for hydroxylation is 2. The number of ketones is 1. The lowest BCUT2D eigenvalue weighted by molar-refractivity contribution is 0.102. The molecule has 2 aromatic rings. The van der Waals surface area contributed by atoms with Crippen LogP contribution in [0.3, 0.4) is 0 Å². The third-order valence-corrected chi connectivity index (χ3v) is 2.98. The smallest absolute Gasteiger partial charge is 0.215 e. The first-order valence-electron chi connectivity index (χ1n) is 5.99. The minimum Gasteiger partial charge on any atom is -0.493 e. The van der Waals surface area contributed by atoms with Gasteiger partial charge in [-0.2, -0.15) is 5.10 Å². The van der Waals surface area contributed by atoms with Crippen molar-refractivity contribution >= 4 is 5.78 Å². The first-order chi connectivity index (χ1) is 9.08. The van der Waals surface area contributed by atoms with Crippen molar-refractivity contribution in [2.24, 2.45) is 0 Å². The van der Waals surface area contributed by atoms with E-state index in [-0.39, 0.29) is 5.78 Å². The van der Waals surface area contributed by atoms with Gasteiger partial charge >= 0.3 is 0 Å². The van der Waals surface area contributed by atoms with Crippen molar-refractivity contribution in [3.05, 3.63) is 47.0 Å². The van der Waals surface area contributed by atoms with Gasteiger partial charge in [-0.25, -0.2) is 4.39 Å². The van der Waals surface area contributed by atoms with Crippen molar-refractivity contribution in [3.8, 4) is 5.75 Å². The predicted octanol–water partition coefficient (Wildman–Crippen LogP) is 2.59. The molecule has 0 aliphatic rings. The molecule has 0 amide bonds. The van der Waals surface area contributed by atoms with Crippen LogP contribution < -0.4 is 4.74 Å². The van der Waals surface area contributed by atoms with E-state index in [0.29, 0.717) is 23.6 Å². The molecule has 100 valence electrons. The van der Waals surface area contributed by atoms with Crippen molar-refractivity contribution in [1.82, 2.24) is 9.78 Å². The lowest BCUT2D eigenvalue weighted by Crippen LogP contribution is -2.13. The molecule has 0 saturated heterocycles. The number of rotatable bonds is 4. The Bertz CT molecular complexity index is 598. The van der Waals surface area contributed by atoms with E-state index >= 15 is 0 Å². The number of methoxy groups -OCH3 is 1. The van der Waals surface area contributed by atoms with Gasteiger partial charge in [0.05, 0.1) is 13.3 Å². The summed E-state index contributed by atoms with van der Waals surface area (Å²) in [5, 5.41) is 4.08. The molecule has 1 heterocycles. The molecule has 0 unspecified atom stereocenters. The van der Waals surface area contributed by atoms with Gasteiger partial charge in [0.25, 0.3) is 0 Å². The summed E-state index contributed by atoms with van der Waals surface area (Å²) in [5.74, 6) is -0.320. The summed E-state index contributed by atoms with van der Waals surface area (Å²) in [6, 6.07) is 4.16. The second-order valence-corrected chi connectivity index (χ2v) is 4.17. The van der Waals surface area contributed by atoms with E-state index < -0.39 is 5.82 Å². The first kappa shape index (κ1) is 13.3. The molecule has 0 atom stereocenters. The van der Waals surface area contributed by atoms with Crippen LogP contribution in [0.15, 0.2) is 24.4 Å². The SMILES string of the molecule is CCn1ncc(OC)c1C(=O)c1cc(F)ccc1C. The van der Waals surface area contributed by atoms with Gasteiger partial charge in [-0.05, 0) is 31.5 Å². The van der Waals surface area contributed by atoms with Crippen LogP contribution in [-0.2, 0) is 6.54 Å². The maximum Gasteiger partial charge on any atom is 0.215 e. The van der Waals surface area contributed by atoms with Crippen molar-refractivity contribution in [1.29, 1.82) is 0 Å². The van der Waals surface area contributed by atoms with E-state index in [1.165, 1.54) is 25.4 Å². The molecule has 19 heavy (non-hydrogen) atoms. The second-order valence-electron chi connectivity index (χ2n) is 4.17. The Morgan fingerprint density at radius 2 is 2.21 bits per heavy atom. The molecule has 0 bridgehead atoms. The molecule has 0 aliphatic heterocycles. The van der Waals surface area contributed by atoms with Crippen LogP contribution in [0.2, 0.25) is 0 Å². The van der Waals surface area contributed by atoms with Gasteiger partial charge < -0.3 is 4.74 Å². The number of benzene rings is 1. The molecule has 0 saturated carbocycles. The molecule has 4 nitrogen and oxygen atoms in total. The van der Waals surface area contributed by atoms with Crippen molar-refractivity contribution in [2.45, 2.75) is 20.4 Å². The molecule has 0 spiro atoms. The van der Waals surface area contributed by atoms with E-state index in [0.717, 1.165) is 5.56 Å². The van der Waals surface area contributed by atoms with Crippen LogP contribution in [-0.4, -0.2) is 22.7 Å². The number of ether oxygens (including phenoxy) is 1. The molecule has 1 aromatic carbocycles. The summed E-state index contributed by atoms with van der Waals surface area (Å²) in [6.07, 6.45) is 1.49. The van der Waals surface area contributed by atoms with Gasteiger partial charge in [-0.1, -0.05) is 6.07 Å². The van der Waals surface area contributed by atoms with E-state index in [4.69, 9.17) is 4.74 Å². The average Bonchev–Trinajstić information content (AvgIpc) is 2.83. The van der Waals surface area contributed by atoms with Crippen LogP contribution in [0.5, 0.6) is 5.75 Å². The van der Waals surface area contributed by atoms with Gasteiger partial charge in [0.1, 0.15) is 5.82 Å². The van der Waals surface area contributed by atoms with E-state index in [1.54, 1.807) is 17.7 Å². The zero-order valence-corrected chi connectivity index (χ0v) is 11.1. The van der Waals surface area contributed by atoms with Gasteiger partial charge in [-0.3, -0.25) is 9.48 Å². The number of aromatic nitrogens is 2. The molecule has 0 N–H and O–H groups in total. The highest BCUT2D eigenvalue weighted by Crippen LogP contribution is 2.23. The molecule has 0 aliphatic carbocycles. The Kier molecular flexibility index (Phi) is 3.64. The van der Waals surface area contributed by atoms with Crippen LogP contribution in [0.4, 0.5) is 4.39 Å². The Labute approximate surface area is 110 Å². The van der Waals surface area contributed by atoms with Crippen molar-refractivity contribution in [2.75, 3.05) is 7.11 Å². The second kappa shape index (κ2) is 5.22. The summed E-state index contributed by atoms with van der Waals surface area (Å²) in [7, 11) is 1.48. The number of carbonyl (C=O) groups excluding carboxylic acids is 1. The summed E-state index contributed by atoms with van der Waals surface area (Å²) in [6.45, 7) is 4.19. The zero-order valence-electron chi connectivity index (χ0n) is 11.1. The molecular formula is C14H15FN2O2. The standard InChI is InChI=1S/C14H15FN2O2/c1-4-17-13(12(19-3)8-16-17)14(18)11-7-10(15)6-5-9(11)2/h5-8H,4H2,1-3H3. The number of nitrogens with zero attached hydrogens (tertiary/aromatic N) is 2. The third kappa shape index (κ3) is 2.36. The Hall–Kier alpha value is -2.17. The molecular weight excluding hydrogens is 247 g/mol. The van der Waals surface area contributed by atoms with Crippen molar-refractivity contribution in [3.63, 3.8) is 0 Å². The molecule has 5 heteroatoms. The van der Waals surface area contributed by atoms with Crippen LogP contribution in [0, 0.1) is 12.7 Å². The van der Waals surface area contributed by atoms with E-state index in [1.807, 2.05) is 6.92 Å². The number of halogens is 1. The lowest BCUT2D eigenvalue weighted by Gasteiger charge is -2.08. The third-order valence-electron chi connectivity index (χ3n) is 2.98. The molecule has 1 aromatic heterocycles. The van der Waals surface area contributed by atoms with Crippen LogP contribution in [0.1, 0.15) is 28.5 Å². The Balaban J connectivity index is 2.55. The van der Waals surface area contributed by atoms with Crippen molar-refractivity contribution < 1.29 is 13.9 Å². The van der Waals surface area contributed by atoms with Gasteiger partial charge in [0.2, 0.25) is 5.78 Å². The highest BCUT2D eigenvalue weighted by Gasteiger charge is 2.22. The highest BCUT2D eigenvalue weighted by atomic mass is 19.1. The maximum absolute atomic E-state index is 13.3. The monoisotopic (exact) mass is 262 g/mol. The van der Waals surface area contributed by atoms with Crippen LogP contribution in [0.25, 0.3) is 0 Å². The fraction of sp³-hybridized carbons (Fsp3) is 0.286. The highest BCUT2D eigenvalue weighted by molar-refractivity contribution is 6.10. The van der Waals surface area contributed by atoms with Gasteiger partial charge in [0, 0.05) is 12.1 Å². The molecule has 0 fully saturated rings. The summed E-state index contributed by atoms with van der Waals surface area (Å²) in [5.41, 5.74) is 1.39.